The Morgan fingerprint density at radius 1 is 0.824 bits per heavy atom. The van der Waals surface area contributed by atoms with Crippen LogP contribution in [0.25, 0.3) is 23.0 Å². The molecular weight excluding hydrogens is 466 g/mol. The molecule has 9 nitrogen and oxygen atoms in total. The summed E-state index contributed by atoms with van der Waals surface area (Å²) in [5, 5.41) is 8.10. The Morgan fingerprint density at radius 3 is 2.21 bits per heavy atom. The second-order valence-corrected chi connectivity index (χ2v) is 9.36. The molecule has 0 atom stereocenters. The van der Waals surface area contributed by atoms with Gasteiger partial charge in [0.25, 0.3) is 5.89 Å². The van der Waals surface area contributed by atoms with E-state index in [0.717, 1.165) is 28.1 Å². The highest BCUT2D eigenvalue weighted by Crippen LogP contribution is 2.26. The molecule has 2 aromatic heterocycles. The Hall–Kier alpha value is -3.77. The van der Waals surface area contributed by atoms with Crippen LogP contribution in [0, 0.1) is 11.6 Å². The minimum absolute atomic E-state index is 0.0285. The van der Waals surface area contributed by atoms with E-state index >= 15 is 0 Å². The first kappa shape index (κ1) is 22.0. The van der Waals surface area contributed by atoms with E-state index in [9.17, 15) is 17.2 Å². The van der Waals surface area contributed by atoms with E-state index in [0.29, 0.717) is 17.4 Å². The van der Waals surface area contributed by atoms with Gasteiger partial charge >= 0.3 is 0 Å². The number of piperazine rings is 1. The molecule has 174 valence electrons. The Kier molecular flexibility index (Phi) is 5.75. The van der Waals surface area contributed by atoms with Crippen molar-refractivity contribution in [3.8, 4) is 23.0 Å². The summed E-state index contributed by atoms with van der Waals surface area (Å²) in [5.41, 5.74) is 1.14. The van der Waals surface area contributed by atoms with Gasteiger partial charge in [-0.25, -0.2) is 22.2 Å². The maximum absolute atomic E-state index is 14.1. The molecule has 1 saturated heterocycles. The molecule has 0 radical (unpaired) electrons. The third-order valence-electron chi connectivity index (χ3n) is 5.37. The smallest absolute Gasteiger partial charge is 0.268 e. The lowest BCUT2D eigenvalue weighted by molar-refractivity contribution is 0.377. The molecule has 2 aromatic carbocycles. The topological polar surface area (TPSA) is 105 Å². The zero-order valence-electron chi connectivity index (χ0n) is 17.7. The molecule has 1 aliphatic rings. The fourth-order valence-electron chi connectivity index (χ4n) is 3.65. The normalized spacial score (nSPS) is 14.9. The Bertz CT molecular complexity index is 1400. The molecule has 0 amide bonds. The van der Waals surface area contributed by atoms with Gasteiger partial charge in [-0.05, 0) is 24.3 Å². The van der Waals surface area contributed by atoms with Crippen molar-refractivity contribution in [3.63, 3.8) is 0 Å². The Morgan fingerprint density at radius 2 is 1.50 bits per heavy atom. The van der Waals surface area contributed by atoms with Crippen molar-refractivity contribution in [2.45, 2.75) is 4.90 Å². The van der Waals surface area contributed by atoms with Crippen LogP contribution in [0.4, 0.5) is 14.6 Å². The molecule has 5 rings (SSSR count). The average molecular weight is 484 g/mol. The first-order chi connectivity index (χ1) is 16.4. The summed E-state index contributed by atoms with van der Waals surface area (Å²) < 4.78 is 60.5. The molecule has 4 aromatic rings. The predicted molar refractivity (Wildman–Crippen MR) is 118 cm³/mol. The first-order valence-electron chi connectivity index (χ1n) is 10.3. The van der Waals surface area contributed by atoms with Crippen LogP contribution in [0.15, 0.2) is 70.2 Å². The standard InChI is InChI=1S/C22H18F2N6O3S/c23-16-7-4-8-17(24)20(16)34(31,32)30-11-9-29(10-12-30)19-14-25-13-18(26-19)22-28-27-21(33-22)15-5-2-1-3-6-15/h1-8,13-14H,9-12H2. The van der Waals surface area contributed by atoms with E-state index < -0.39 is 26.6 Å². The zero-order chi connectivity index (χ0) is 23.7. The number of hydrogen-bond acceptors (Lipinski definition) is 8. The third kappa shape index (κ3) is 4.13. The summed E-state index contributed by atoms with van der Waals surface area (Å²) in [6, 6.07) is 12.3. The molecule has 12 heteroatoms. The number of aromatic nitrogens is 4. The van der Waals surface area contributed by atoms with Crippen LogP contribution < -0.4 is 4.90 Å². The number of nitrogens with zero attached hydrogens (tertiary/aromatic N) is 6. The Balaban J connectivity index is 1.32. The van der Waals surface area contributed by atoms with Crippen LogP contribution >= 0.6 is 0 Å². The largest absolute Gasteiger partial charge is 0.415 e. The highest BCUT2D eigenvalue weighted by molar-refractivity contribution is 7.89. The minimum Gasteiger partial charge on any atom is -0.415 e. The van der Waals surface area contributed by atoms with Crippen molar-refractivity contribution in [2.24, 2.45) is 0 Å². The van der Waals surface area contributed by atoms with Crippen molar-refractivity contribution in [3.05, 3.63) is 72.6 Å². The lowest BCUT2D eigenvalue weighted by Crippen LogP contribution is -2.49. The van der Waals surface area contributed by atoms with Crippen LogP contribution in [-0.4, -0.2) is 59.1 Å². The summed E-state index contributed by atoms with van der Waals surface area (Å²) >= 11 is 0. The summed E-state index contributed by atoms with van der Waals surface area (Å²) in [7, 11) is -4.32. The third-order valence-corrected chi connectivity index (χ3v) is 7.32. The Labute approximate surface area is 193 Å². The molecule has 0 saturated carbocycles. The molecule has 1 fully saturated rings. The van der Waals surface area contributed by atoms with Crippen molar-refractivity contribution >= 4 is 15.8 Å². The first-order valence-corrected chi connectivity index (χ1v) is 11.8. The minimum atomic E-state index is -4.32. The maximum Gasteiger partial charge on any atom is 0.268 e. The fourth-order valence-corrected chi connectivity index (χ4v) is 5.18. The van der Waals surface area contributed by atoms with Crippen LogP contribution in [0.1, 0.15) is 0 Å². The van der Waals surface area contributed by atoms with Crippen molar-refractivity contribution in [1.29, 1.82) is 0 Å². The van der Waals surface area contributed by atoms with Crippen molar-refractivity contribution < 1.29 is 21.6 Å². The number of rotatable bonds is 5. The van der Waals surface area contributed by atoms with Crippen LogP contribution in [0.5, 0.6) is 0 Å². The van der Waals surface area contributed by atoms with E-state index in [2.05, 4.69) is 20.2 Å². The molecule has 3 heterocycles. The average Bonchev–Trinajstić information content (AvgIpc) is 3.35. The summed E-state index contributed by atoms with van der Waals surface area (Å²) in [5.74, 6) is -1.19. The molecule has 0 unspecified atom stereocenters. The molecule has 0 aliphatic carbocycles. The number of benzene rings is 2. The van der Waals surface area contributed by atoms with Gasteiger partial charge < -0.3 is 9.32 Å². The van der Waals surface area contributed by atoms with Crippen LogP contribution in [0.3, 0.4) is 0 Å². The second-order valence-electron chi connectivity index (χ2n) is 7.48. The van der Waals surface area contributed by atoms with Gasteiger partial charge in [-0.1, -0.05) is 24.3 Å². The van der Waals surface area contributed by atoms with Gasteiger partial charge in [-0.3, -0.25) is 4.98 Å². The van der Waals surface area contributed by atoms with Gasteiger partial charge in [-0.15, -0.1) is 10.2 Å². The quantitative estimate of drug-likeness (QED) is 0.426. The lowest BCUT2D eigenvalue weighted by Gasteiger charge is -2.34. The monoisotopic (exact) mass is 484 g/mol. The van der Waals surface area contributed by atoms with Gasteiger partial charge in [0.15, 0.2) is 4.90 Å². The highest BCUT2D eigenvalue weighted by Gasteiger charge is 2.33. The fraction of sp³-hybridized carbons (Fsp3) is 0.182. The number of sulfonamides is 1. The maximum atomic E-state index is 14.1. The van der Waals surface area contributed by atoms with Gasteiger partial charge in [0.05, 0.1) is 12.4 Å². The van der Waals surface area contributed by atoms with Crippen molar-refractivity contribution in [2.75, 3.05) is 31.1 Å². The van der Waals surface area contributed by atoms with Gasteiger partial charge in [0.1, 0.15) is 23.1 Å². The van der Waals surface area contributed by atoms with Gasteiger partial charge in [0, 0.05) is 31.7 Å². The predicted octanol–water partition coefficient (Wildman–Crippen LogP) is 2.98. The second kappa shape index (κ2) is 8.88. The molecule has 0 spiro atoms. The van der Waals surface area contributed by atoms with E-state index in [4.69, 9.17) is 4.42 Å². The van der Waals surface area contributed by atoms with Crippen LogP contribution in [0.2, 0.25) is 0 Å². The molecular formula is C22H18F2N6O3S. The number of halogens is 2. The highest BCUT2D eigenvalue weighted by atomic mass is 32.2. The van der Waals surface area contributed by atoms with E-state index in [1.165, 1.54) is 6.20 Å². The lowest BCUT2D eigenvalue weighted by atomic mass is 10.2. The summed E-state index contributed by atoms with van der Waals surface area (Å²) in [4.78, 5) is 9.61. The molecule has 0 N–H and O–H groups in total. The van der Waals surface area contributed by atoms with Crippen LogP contribution in [-0.2, 0) is 10.0 Å². The molecule has 34 heavy (non-hydrogen) atoms. The SMILES string of the molecule is O=S(=O)(c1c(F)cccc1F)N1CCN(c2cncc(-c3nnc(-c4ccccc4)o3)n2)CC1. The molecule has 0 bridgehead atoms. The molecule has 1 aliphatic heterocycles. The summed E-state index contributed by atoms with van der Waals surface area (Å²) in [6.45, 7) is 0.570. The van der Waals surface area contributed by atoms with E-state index in [1.54, 1.807) is 6.20 Å². The van der Waals surface area contributed by atoms with Gasteiger partial charge in [0.2, 0.25) is 15.9 Å². The van der Waals surface area contributed by atoms with E-state index in [1.807, 2.05) is 35.2 Å². The van der Waals surface area contributed by atoms with E-state index in [-0.39, 0.29) is 32.1 Å². The summed E-state index contributed by atoms with van der Waals surface area (Å²) in [6.07, 6.45) is 3.03. The van der Waals surface area contributed by atoms with Gasteiger partial charge in [-0.2, -0.15) is 4.31 Å². The number of hydrogen-bond donors (Lipinski definition) is 0. The zero-order valence-corrected chi connectivity index (χ0v) is 18.5. The number of anilines is 1. The van der Waals surface area contributed by atoms with Crippen molar-refractivity contribution in [1.82, 2.24) is 24.5 Å².